The van der Waals surface area contributed by atoms with Crippen molar-refractivity contribution in [3.8, 4) is 28.0 Å². The molecule has 0 radical (unpaired) electrons. The van der Waals surface area contributed by atoms with Crippen LogP contribution in [0.15, 0.2) is 91.3 Å². The van der Waals surface area contributed by atoms with Crippen LogP contribution in [-0.2, 0) is 6.61 Å². The zero-order chi connectivity index (χ0) is 20.9. The smallest absolute Gasteiger partial charge is 0.335 e. The summed E-state index contributed by atoms with van der Waals surface area (Å²) < 4.78 is 6.09. The summed E-state index contributed by atoms with van der Waals surface area (Å²) in [5, 5.41) is 9.95. The fraction of sp³-hybridized carbons (Fsp3) is 0.0400. The molecule has 1 aromatic heterocycles. The summed E-state index contributed by atoms with van der Waals surface area (Å²) in [4.78, 5) is 15.5. The molecule has 1 N–H and O–H groups in total. The maximum Gasteiger partial charge on any atom is 0.335 e. The number of aromatic carboxylic acids is 1. The van der Waals surface area contributed by atoms with Crippen LogP contribution in [0.25, 0.3) is 22.3 Å². The lowest BCUT2D eigenvalue weighted by Gasteiger charge is -2.16. The molecule has 0 unspecified atom stereocenters. The van der Waals surface area contributed by atoms with Crippen LogP contribution in [0.1, 0.15) is 15.9 Å². The minimum absolute atomic E-state index is 0.237. The summed E-state index contributed by atoms with van der Waals surface area (Å²) in [6.45, 7) is 0.374. The van der Waals surface area contributed by atoms with Gasteiger partial charge in [-0.15, -0.1) is 0 Å². The highest BCUT2D eigenvalue weighted by Gasteiger charge is 2.14. The molecule has 4 nitrogen and oxygen atoms in total. The molecular weight excluding hydrogens is 398 g/mol. The first-order chi connectivity index (χ1) is 14.6. The third kappa shape index (κ3) is 4.34. The molecule has 0 saturated carbocycles. The lowest BCUT2D eigenvalue weighted by atomic mass is 9.93. The van der Waals surface area contributed by atoms with Gasteiger partial charge in [-0.05, 0) is 53.1 Å². The Hall–Kier alpha value is -3.63. The third-order valence-electron chi connectivity index (χ3n) is 4.70. The molecule has 0 aliphatic carbocycles. The summed E-state index contributed by atoms with van der Waals surface area (Å²) in [7, 11) is 0. The van der Waals surface area contributed by atoms with E-state index in [-0.39, 0.29) is 5.56 Å². The largest absolute Gasteiger partial charge is 0.488 e. The van der Waals surface area contributed by atoms with Crippen molar-refractivity contribution >= 4 is 17.6 Å². The number of hydrogen-bond acceptors (Lipinski definition) is 3. The molecule has 0 amide bonds. The lowest BCUT2D eigenvalue weighted by molar-refractivity contribution is 0.0697. The quantitative estimate of drug-likeness (QED) is 0.398. The van der Waals surface area contributed by atoms with Crippen molar-refractivity contribution in [1.29, 1.82) is 0 Å². The summed E-state index contributed by atoms with van der Waals surface area (Å²) in [5.74, 6) is -0.275. The van der Waals surface area contributed by atoms with Crippen LogP contribution in [-0.4, -0.2) is 16.1 Å². The molecule has 0 atom stereocenters. The Morgan fingerprint density at radius 3 is 2.50 bits per heavy atom. The van der Waals surface area contributed by atoms with E-state index in [0.29, 0.717) is 17.4 Å². The van der Waals surface area contributed by atoms with Gasteiger partial charge in [-0.1, -0.05) is 54.1 Å². The number of benzene rings is 3. The van der Waals surface area contributed by atoms with E-state index >= 15 is 0 Å². The van der Waals surface area contributed by atoms with Gasteiger partial charge in [0.15, 0.2) is 0 Å². The van der Waals surface area contributed by atoms with Crippen LogP contribution < -0.4 is 4.74 Å². The second-order valence-corrected chi connectivity index (χ2v) is 7.16. The summed E-state index contributed by atoms with van der Waals surface area (Å²) in [6, 6.07) is 24.0. The van der Waals surface area contributed by atoms with Crippen molar-refractivity contribution in [2.24, 2.45) is 0 Å². The molecule has 0 fully saturated rings. The maximum atomic E-state index is 11.4. The van der Waals surface area contributed by atoms with E-state index < -0.39 is 5.97 Å². The Morgan fingerprint density at radius 2 is 1.73 bits per heavy atom. The molecule has 1 heterocycles. The van der Waals surface area contributed by atoms with Crippen molar-refractivity contribution in [1.82, 2.24) is 4.98 Å². The molecule has 4 rings (SSSR count). The van der Waals surface area contributed by atoms with Crippen molar-refractivity contribution < 1.29 is 14.6 Å². The summed E-state index contributed by atoms with van der Waals surface area (Å²) >= 11 is 6.31. The fourth-order valence-corrected chi connectivity index (χ4v) is 3.44. The van der Waals surface area contributed by atoms with Crippen molar-refractivity contribution in [2.45, 2.75) is 6.61 Å². The molecule has 0 saturated heterocycles. The second kappa shape index (κ2) is 8.80. The number of rotatable bonds is 6. The highest BCUT2D eigenvalue weighted by atomic mass is 35.5. The Labute approximate surface area is 179 Å². The van der Waals surface area contributed by atoms with Crippen LogP contribution >= 0.6 is 11.6 Å². The number of carboxylic acid groups (broad SMARTS) is 1. The Morgan fingerprint density at radius 1 is 0.900 bits per heavy atom. The average Bonchev–Trinajstić information content (AvgIpc) is 2.79. The van der Waals surface area contributed by atoms with Gasteiger partial charge < -0.3 is 9.84 Å². The molecule has 0 bridgehead atoms. The number of aromatic nitrogens is 1. The first-order valence-electron chi connectivity index (χ1n) is 9.36. The van der Waals surface area contributed by atoms with E-state index in [4.69, 9.17) is 16.3 Å². The molecule has 5 heteroatoms. The predicted molar refractivity (Wildman–Crippen MR) is 118 cm³/mol. The first-order valence-corrected chi connectivity index (χ1v) is 9.74. The van der Waals surface area contributed by atoms with Gasteiger partial charge in [-0.3, -0.25) is 4.98 Å². The Balaban J connectivity index is 1.77. The van der Waals surface area contributed by atoms with Gasteiger partial charge in [0.2, 0.25) is 0 Å². The number of ether oxygens (including phenoxy) is 1. The van der Waals surface area contributed by atoms with E-state index in [1.165, 1.54) is 0 Å². The normalized spacial score (nSPS) is 10.6. The number of nitrogens with zero attached hydrogens (tertiary/aromatic N) is 1. The van der Waals surface area contributed by atoms with Crippen LogP contribution in [0.4, 0.5) is 0 Å². The second-order valence-electron chi connectivity index (χ2n) is 6.72. The van der Waals surface area contributed by atoms with E-state index in [0.717, 1.165) is 27.8 Å². The fourth-order valence-electron chi connectivity index (χ4n) is 3.27. The standard InChI is InChI=1S/C25H18ClNO3/c26-20-10-11-24(30-16-17-5-4-12-27-15-17)23(14-20)22-9-2-1-8-21(22)18-6-3-7-19(13-18)25(28)29/h1-15H,16H2,(H,28,29). The number of pyridine rings is 1. The molecule has 0 spiro atoms. The Bertz CT molecular complexity index is 1190. The average molecular weight is 416 g/mol. The molecule has 0 aliphatic heterocycles. The molecule has 30 heavy (non-hydrogen) atoms. The molecule has 148 valence electrons. The van der Waals surface area contributed by atoms with Gasteiger partial charge in [0.1, 0.15) is 12.4 Å². The number of carboxylic acids is 1. The van der Waals surface area contributed by atoms with Gasteiger partial charge in [-0.2, -0.15) is 0 Å². The number of carbonyl (C=O) groups is 1. The zero-order valence-corrected chi connectivity index (χ0v) is 16.7. The van der Waals surface area contributed by atoms with Gasteiger partial charge in [-0.25, -0.2) is 4.79 Å². The predicted octanol–water partition coefficient (Wildman–Crippen LogP) is 6.35. The van der Waals surface area contributed by atoms with Gasteiger partial charge in [0.05, 0.1) is 5.56 Å². The minimum atomic E-state index is -0.961. The van der Waals surface area contributed by atoms with Crippen LogP contribution in [0, 0.1) is 0 Å². The van der Waals surface area contributed by atoms with E-state index in [2.05, 4.69) is 4.98 Å². The van der Waals surface area contributed by atoms with E-state index in [1.54, 1.807) is 36.7 Å². The van der Waals surface area contributed by atoms with Crippen LogP contribution in [0.3, 0.4) is 0 Å². The highest BCUT2D eigenvalue weighted by molar-refractivity contribution is 6.31. The van der Waals surface area contributed by atoms with E-state index in [9.17, 15) is 9.90 Å². The van der Waals surface area contributed by atoms with Gasteiger partial charge in [0.25, 0.3) is 0 Å². The van der Waals surface area contributed by atoms with Crippen LogP contribution in [0.2, 0.25) is 5.02 Å². The van der Waals surface area contributed by atoms with Gasteiger partial charge in [0, 0.05) is 28.5 Å². The SMILES string of the molecule is O=C(O)c1cccc(-c2ccccc2-c2cc(Cl)ccc2OCc2cccnc2)c1. The monoisotopic (exact) mass is 415 g/mol. The van der Waals surface area contributed by atoms with Gasteiger partial charge >= 0.3 is 5.97 Å². The topological polar surface area (TPSA) is 59.4 Å². The number of hydrogen-bond donors (Lipinski definition) is 1. The van der Waals surface area contributed by atoms with E-state index in [1.807, 2.05) is 54.6 Å². The Kier molecular flexibility index (Phi) is 5.77. The maximum absolute atomic E-state index is 11.4. The van der Waals surface area contributed by atoms with Crippen LogP contribution in [0.5, 0.6) is 5.75 Å². The van der Waals surface area contributed by atoms with Crippen molar-refractivity contribution in [3.63, 3.8) is 0 Å². The summed E-state index contributed by atoms with van der Waals surface area (Å²) in [5.41, 5.74) is 4.64. The summed E-state index contributed by atoms with van der Waals surface area (Å²) in [6.07, 6.45) is 3.49. The first kappa shape index (κ1) is 19.7. The van der Waals surface area contributed by atoms with Crippen molar-refractivity contribution in [2.75, 3.05) is 0 Å². The molecule has 0 aliphatic rings. The molecule has 4 aromatic rings. The zero-order valence-electron chi connectivity index (χ0n) is 16.0. The highest BCUT2D eigenvalue weighted by Crippen LogP contribution is 2.39. The lowest BCUT2D eigenvalue weighted by Crippen LogP contribution is -1.98. The minimum Gasteiger partial charge on any atom is -0.488 e. The molecular formula is C25H18ClNO3. The molecule has 3 aromatic carbocycles. The van der Waals surface area contributed by atoms with Crippen molar-refractivity contribution in [3.05, 3.63) is 107 Å². The third-order valence-corrected chi connectivity index (χ3v) is 4.93. The number of halogens is 1.